The SMILES string of the molecule is Oc1ccc(O)n1CCCCCN1CCN(c2cc(F)ccc2OC2CCCC2)CC1. The van der Waals surface area contributed by atoms with Crippen molar-refractivity contribution in [2.45, 2.75) is 57.6 Å². The molecule has 1 aromatic carbocycles. The number of aromatic hydroxyl groups is 2. The number of ether oxygens (including phenoxy) is 1. The molecule has 1 saturated carbocycles. The van der Waals surface area contributed by atoms with Crippen LogP contribution in [0.15, 0.2) is 30.3 Å². The summed E-state index contributed by atoms with van der Waals surface area (Å²) in [4.78, 5) is 4.71. The van der Waals surface area contributed by atoms with Gasteiger partial charge in [0.2, 0.25) is 0 Å². The lowest BCUT2D eigenvalue weighted by atomic mass is 10.2. The minimum atomic E-state index is -0.212. The summed E-state index contributed by atoms with van der Waals surface area (Å²) in [5, 5.41) is 19.4. The molecule has 2 N–H and O–H groups in total. The summed E-state index contributed by atoms with van der Waals surface area (Å²) in [6.45, 7) is 5.32. The van der Waals surface area contributed by atoms with Gasteiger partial charge in [-0.3, -0.25) is 9.47 Å². The van der Waals surface area contributed by atoms with E-state index in [0.29, 0.717) is 6.54 Å². The van der Waals surface area contributed by atoms with Gasteiger partial charge < -0.3 is 19.8 Å². The first kappa shape index (κ1) is 21.8. The molecule has 170 valence electrons. The van der Waals surface area contributed by atoms with E-state index in [4.69, 9.17) is 4.74 Å². The molecule has 1 aromatic heterocycles. The molecular formula is C24H34FN3O3. The molecule has 1 aliphatic carbocycles. The molecule has 2 fully saturated rings. The molecule has 0 bridgehead atoms. The molecule has 1 aliphatic heterocycles. The molecular weight excluding hydrogens is 397 g/mol. The third-order valence-corrected chi connectivity index (χ3v) is 6.52. The van der Waals surface area contributed by atoms with Crippen molar-refractivity contribution in [3.05, 3.63) is 36.1 Å². The van der Waals surface area contributed by atoms with Crippen LogP contribution in [0.4, 0.5) is 10.1 Å². The average Bonchev–Trinajstić information content (AvgIpc) is 3.40. The molecule has 0 spiro atoms. The van der Waals surface area contributed by atoms with Gasteiger partial charge in [0.15, 0.2) is 11.8 Å². The number of rotatable bonds is 9. The maximum Gasteiger partial charge on any atom is 0.193 e. The highest BCUT2D eigenvalue weighted by Crippen LogP contribution is 2.33. The molecule has 2 aromatic rings. The Hall–Kier alpha value is -2.41. The molecule has 1 saturated heterocycles. The summed E-state index contributed by atoms with van der Waals surface area (Å²) in [5.41, 5.74) is 0.887. The van der Waals surface area contributed by atoms with Crippen LogP contribution in [0.3, 0.4) is 0 Å². The van der Waals surface area contributed by atoms with Crippen LogP contribution in [0.2, 0.25) is 0 Å². The highest BCUT2D eigenvalue weighted by Gasteiger charge is 2.23. The minimum absolute atomic E-state index is 0.113. The first-order valence-electron chi connectivity index (χ1n) is 11.6. The predicted octanol–water partition coefficient (Wildman–Crippen LogP) is 4.35. The van der Waals surface area contributed by atoms with Crippen molar-refractivity contribution >= 4 is 5.69 Å². The summed E-state index contributed by atoms with van der Waals surface area (Å²) in [6.07, 6.45) is 7.92. The van der Waals surface area contributed by atoms with Gasteiger partial charge in [-0.05, 0) is 57.2 Å². The second-order valence-electron chi connectivity index (χ2n) is 8.73. The summed E-state index contributed by atoms with van der Waals surface area (Å²) in [5.74, 6) is 0.832. The fourth-order valence-electron chi connectivity index (χ4n) is 4.69. The second kappa shape index (κ2) is 10.3. The van der Waals surface area contributed by atoms with E-state index in [1.54, 1.807) is 12.1 Å². The van der Waals surface area contributed by atoms with Gasteiger partial charge in [-0.25, -0.2) is 4.39 Å². The van der Waals surface area contributed by atoms with Gasteiger partial charge in [0.1, 0.15) is 11.6 Å². The van der Waals surface area contributed by atoms with Crippen LogP contribution in [0, 0.1) is 5.82 Å². The zero-order valence-electron chi connectivity index (χ0n) is 18.2. The fourth-order valence-corrected chi connectivity index (χ4v) is 4.69. The minimum Gasteiger partial charge on any atom is -0.494 e. The molecule has 31 heavy (non-hydrogen) atoms. The number of hydrogen-bond donors (Lipinski definition) is 2. The van der Waals surface area contributed by atoms with E-state index in [2.05, 4.69) is 9.80 Å². The molecule has 0 atom stereocenters. The van der Waals surface area contributed by atoms with E-state index in [1.807, 2.05) is 0 Å². The van der Waals surface area contributed by atoms with E-state index >= 15 is 0 Å². The summed E-state index contributed by atoms with van der Waals surface area (Å²) < 4.78 is 21.7. The first-order valence-corrected chi connectivity index (χ1v) is 11.6. The highest BCUT2D eigenvalue weighted by atomic mass is 19.1. The largest absolute Gasteiger partial charge is 0.494 e. The van der Waals surface area contributed by atoms with Crippen molar-refractivity contribution in [1.29, 1.82) is 0 Å². The third-order valence-electron chi connectivity index (χ3n) is 6.52. The first-order chi connectivity index (χ1) is 15.1. The van der Waals surface area contributed by atoms with E-state index in [1.165, 1.54) is 35.6 Å². The molecule has 0 radical (unpaired) electrons. The van der Waals surface area contributed by atoms with Gasteiger partial charge in [0.05, 0.1) is 11.8 Å². The van der Waals surface area contributed by atoms with Crippen LogP contribution < -0.4 is 9.64 Å². The fraction of sp³-hybridized carbons (Fsp3) is 0.583. The lowest BCUT2D eigenvalue weighted by Crippen LogP contribution is -2.46. The van der Waals surface area contributed by atoms with E-state index in [-0.39, 0.29) is 23.7 Å². The monoisotopic (exact) mass is 431 g/mol. The normalized spacial score (nSPS) is 18.0. The number of halogens is 1. The van der Waals surface area contributed by atoms with Crippen LogP contribution in [0.1, 0.15) is 44.9 Å². The number of anilines is 1. The molecule has 0 unspecified atom stereocenters. The van der Waals surface area contributed by atoms with Crippen molar-refractivity contribution in [3.8, 4) is 17.5 Å². The van der Waals surface area contributed by atoms with Gasteiger partial charge in [-0.2, -0.15) is 0 Å². The van der Waals surface area contributed by atoms with E-state index in [0.717, 1.165) is 76.3 Å². The third kappa shape index (κ3) is 5.64. The van der Waals surface area contributed by atoms with Gasteiger partial charge in [-0.15, -0.1) is 0 Å². The maximum absolute atomic E-state index is 14.0. The Balaban J connectivity index is 1.21. The number of hydrogen-bond acceptors (Lipinski definition) is 5. The molecule has 6 nitrogen and oxygen atoms in total. The Morgan fingerprint density at radius 1 is 0.871 bits per heavy atom. The number of piperazine rings is 1. The van der Waals surface area contributed by atoms with Crippen molar-refractivity contribution in [3.63, 3.8) is 0 Å². The number of unbranched alkanes of at least 4 members (excludes halogenated alkanes) is 2. The van der Waals surface area contributed by atoms with Crippen LogP contribution in [-0.2, 0) is 6.54 Å². The van der Waals surface area contributed by atoms with E-state index < -0.39 is 0 Å². The van der Waals surface area contributed by atoms with E-state index in [9.17, 15) is 14.6 Å². The van der Waals surface area contributed by atoms with Crippen molar-refractivity contribution in [2.24, 2.45) is 0 Å². The molecule has 0 amide bonds. The Kier molecular flexibility index (Phi) is 7.22. The Bertz CT molecular complexity index is 823. The van der Waals surface area contributed by atoms with Crippen LogP contribution in [0.5, 0.6) is 17.5 Å². The van der Waals surface area contributed by atoms with Crippen LogP contribution in [-0.4, -0.2) is 58.5 Å². The summed E-state index contributed by atoms with van der Waals surface area (Å²) in [7, 11) is 0. The van der Waals surface area contributed by atoms with Gasteiger partial charge in [0, 0.05) is 50.9 Å². The van der Waals surface area contributed by atoms with Crippen molar-refractivity contribution in [1.82, 2.24) is 9.47 Å². The zero-order chi connectivity index (χ0) is 21.6. The van der Waals surface area contributed by atoms with Crippen molar-refractivity contribution < 1.29 is 19.3 Å². The maximum atomic E-state index is 14.0. The predicted molar refractivity (Wildman–Crippen MR) is 120 cm³/mol. The highest BCUT2D eigenvalue weighted by molar-refractivity contribution is 5.59. The lowest BCUT2D eigenvalue weighted by Gasteiger charge is -2.37. The molecule has 2 heterocycles. The molecule has 2 aliphatic rings. The Labute approximate surface area is 183 Å². The second-order valence-corrected chi connectivity index (χ2v) is 8.73. The van der Waals surface area contributed by atoms with Gasteiger partial charge in [0.25, 0.3) is 0 Å². The Morgan fingerprint density at radius 2 is 1.55 bits per heavy atom. The van der Waals surface area contributed by atoms with Gasteiger partial charge >= 0.3 is 0 Å². The smallest absolute Gasteiger partial charge is 0.193 e. The number of benzene rings is 1. The molecule has 4 rings (SSSR count). The standard InChI is InChI=1S/C24H34FN3O3/c25-19-8-9-22(31-20-6-2-3-7-20)21(18-19)27-16-14-26(15-17-27)12-4-1-5-13-28-23(29)10-11-24(28)30/h8-11,18,20,29-30H,1-7,12-17H2. The molecule has 7 heteroatoms. The topological polar surface area (TPSA) is 61.1 Å². The van der Waals surface area contributed by atoms with Gasteiger partial charge in [-0.1, -0.05) is 6.42 Å². The lowest BCUT2D eigenvalue weighted by molar-refractivity contribution is 0.208. The summed E-state index contributed by atoms with van der Waals surface area (Å²) >= 11 is 0. The average molecular weight is 432 g/mol. The van der Waals surface area contributed by atoms with Crippen LogP contribution in [0.25, 0.3) is 0 Å². The van der Waals surface area contributed by atoms with Crippen molar-refractivity contribution in [2.75, 3.05) is 37.6 Å². The number of aromatic nitrogens is 1. The summed E-state index contributed by atoms with van der Waals surface area (Å²) in [6, 6.07) is 7.92. The zero-order valence-corrected chi connectivity index (χ0v) is 18.2. The van der Waals surface area contributed by atoms with Crippen LogP contribution >= 0.6 is 0 Å². The Morgan fingerprint density at radius 3 is 2.26 bits per heavy atom. The quantitative estimate of drug-likeness (QED) is 0.578. The number of nitrogens with zero attached hydrogens (tertiary/aromatic N) is 3.